The Bertz CT molecular complexity index is 487. The predicted molar refractivity (Wildman–Crippen MR) is 84.3 cm³/mol. The summed E-state index contributed by atoms with van der Waals surface area (Å²) in [6, 6.07) is 6.22. The Labute approximate surface area is 127 Å². The van der Waals surface area contributed by atoms with E-state index in [2.05, 4.69) is 26.1 Å². The Kier molecular flexibility index (Phi) is 4.99. The maximum atomic E-state index is 11.2. The second kappa shape index (κ2) is 6.54. The molecule has 1 aromatic rings. The van der Waals surface area contributed by atoms with E-state index in [0.717, 1.165) is 30.2 Å². The van der Waals surface area contributed by atoms with Crippen LogP contribution in [0.3, 0.4) is 0 Å². The Balaban J connectivity index is 2.17. The van der Waals surface area contributed by atoms with E-state index in [9.17, 15) is 10.1 Å². The van der Waals surface area contributed by atoms with Crippen LogP contribution in [0, 0.1) is 10.1 Å². The minimum Gasteiger partial charge on any atom is -0.366 e. The zero-order chi connectivity index (χ0) is 14.7. The monoisotopic (exact) mass is 341 g/mol. The highest BCUT2D eigenvalue weighted by molar-refractivity contribution is 9.10. The molecule has 0 saturated heterocycles. The van der Waals surface area contributed by atoms with E-state index in [1.54, 1.807) is 6.07 Å². The quantitative estimate of drug-likeness (QED) is 0.674. The van der Waals surface area contributed by atoms with Crippen molar-refractivity contribution in [2.45, 2.75) is 37.8 Å². The first-order valence-electron chi connectivity index (χ1n) is 6.87. The molecule has 1 aliphatic rings. The lowest BCUT2D eigenvalue weighted by Crippen LogP contribution is -2.40. The first-order valence-corrected chi connectivity index (χ1v) is 7.66. The average molecular weight is 342 g/mol. The van der Waals surface area contributed by atoms with Gasteiger partial charge in [0.1, 0.15) is 5.69 Å². The molecule has 1 saturated carbocycles. The van der Waals surface area contributed by atoms with Gasteiger partial charge in [-0.25, -0.2) is 0 Å². The van der Waals surface area contributed by atoms with Crippen molar-refractivity contribution in [3.63, 3.8) is 0 Å². The van der Waals surface area contributed by atoms with Crippen LogP contribution in [0.1, 0.15) is 25.7 Å². The van der Waals surface area contributed by atoms with Gasteiger partial charge in [0.05, 0.1) is 4.92 Å². The summed E-state index contributed by atoms with van der Waals surface area (Å²) >= 11 is 3.30. The Morgan fingerprint density at radius 3 is 2.55 bits per heavy atom. The highest BCUT2D eigenvalue weighted by Gasteiger charge is 2.27. The number of nitro benzene ring substituents is 1. The number of rotatable bonds is 4. The molecule has 1 aromatic carbocycles. The van der Waals surface area contributed by atoms with E-state index in [-0.39, 0.29) is 10.6 Å². The number of nitrogens with zero attached hydrogens (tertiary/aromatic N) is 2. The van der Waals surface area contributed by atoms with Crippen molar-refractivity contribution in [2.24, 2.45) is 0 Å². The normalized spacial score (nSPS) is 22.6. The Morgan fingerprint density at radius 2 is 2.00 bits per heavy atom. The van der Waals surface area contributed by atoms with Crippen LogP contribution in [-0.4, -0.2) is 31.1 Å². The lowest BCUT2D eigenvalue weighted by Gasteiger charge is -2.35. The van der Waals surface area contributed by atoms with Crippen LogP contribution in [0.25, 0.3) is 0 Å². The third kappa shape index (κ3) is 3.30. The molecule has 20 heavy (non-hydrogen) atoms. The lowest BCUT2D eigenvalue weighted by atomic mass is 9.90. The third-order valence-corrected chi connectivity index (χ3v) is 4.66. The van der Waals surface area contributed by atoms with E-state index in [4.69, 9.17) is 0 Å². The van der Waals surface area contributed by atoms with Crippen molar-refractivity contribution in [1.29, 1.82) is 0 Å². The molecule has 0 atom stereocenters. The first-order chi connectivity index (χ1) is 9.52. The number of anilines is 1. The summed E-state index contributed by atoms with van der Waals surface area (Å²) in [4.78, 5) is 13.0. The SMILES string of the molecule is CNC1CCC(N(C)c2ccc(Br)cc2[N+](=O)[O-])CC1. The highest BCUT2D eigenvalue weighted by atomic mass is 79.9. The summed E-state index contributed by atoms with van der Waals surface area (Å²) < 4.78 is 0.736. The van der Waals surface area contributed by atoms with Crippen molar-refractivity contribution in [3.8, 4) is 0 Å². The Morgan fingerprint density at radius 1 is 1.35 bits per heavy atom. The number of hydrogen-bond donors (Lipinski definition) is 1. The molecule has 110 valence electrons. The standard InChI is InChI=1S/C14H20BrN3O2/c1-16-11-4-6-12(7-5-11)17(2)13-8-3-10(15)9-14(13)18(19)20/h3,8-9,11-12,16H,4-7H2,1-2H3. The molecule has 0 heterocycles. The van der Waals surface area contributed by atoms with Crippen LogP contribution in [-0.2, 0) is 0 Å². The molecular weight excluding hydrogens is 322 g/mol. The summed E-state index contributed by atoms with van der Waals surface area (Å²) in [5.74, 6) is 0. The maximum Gasteiger partial charge on any atom is 0.293 e. The third-order valence-electron chi connectivity index (χ3n) is 4.17. The van der Waals surface area contributed by atoms with Crippen molar-refractivity contribution in [3.05, 3.63) is 32.8 Å². The minimum atomic E-state index is -0.310. The molecule has 5 nitrogen and oxygen atoms in total. The molecule has 1 fully saturated rings. The van der Waals surface area contributed by atoms with Crippen molar-refractivity contribution < 1.29 is 4.92 Å². The van der Waals surface area contributed by atoms with E-state index in [1.165, 1.54) is 0 Å². The molecule has 0 unspecified atom stereocenters. The van der Waals surface area contributed by atoms with E-state index in [1.807, 2.05) is 26.2 Å². The van der Waals surface area contributed by atoms with Crippen molar-refractivity contribution in [2.75, 3.05) is 19.0 Å². The molecule has 0 aromatic heterocycles. The second-order valence-corrected chi connectivity index (χ2v) is 6.21. The zero-order valence-electron chi connectivity index (χ0n) is 11.8. The molecule has 0 aliphatic heterocycles. The van der Waals surface area contributed by atoms with E-state index in [0.29, 0.717) is 17.8 Å². The minimum absolute atomic E-state index is 0.164. The van der Waals surface area contributed by atoms with Gasteiger partial charge in [-0.05, 0) is 44.9 Å². The van der Waals surface area contributed by atoms with E-state index >= 15 is 0 Å². The van der Waals surface area contributed by atoms with Gasteiger partial charge in [0, 0.05) is 29.7 Å². The number of hydrogen-bond acceptors (Lipinski definition) is 4. The fraction of sp³-hybridized carbons (Fsp3) is 0.571. The van der Waals surface area contributed by atoms with Gasteiger partial charge >= 0.3 is 0 Å². The predicted octanol–water partition coefficient (Wildman–Crippen LogP) is 3.32. The van der Waals surface area contributed by atoms with Gasteiger partial charge in [-0.2, -0.15) is 0 Å². The largest absolute Gasteiger partial charge is 0.366 e. The van der Waals surface area contributed by atoms with Crippen LogP contribution >= 0.6 is 15.9 Å². The molecule has 0 bridgehead atoms. The summed E-state index contributed by atoms with van der Waals surface area (Å²) in [5.41, 5.74) is 0.865. The molecule has 0 spiro atoms. The first kappa shape index (κ1) is 15.3. The van der Waals surface area contributed by atoms with Gasteiger partial charge < -0.3 is 10.2 Å². The fourth-order valence-corrected chi connectivity index (χ4v) is 3.24. The maximum absolute atomic E-state index is 11.2. The number of benzene rings is 1. The molecule has 1 aliphatic carbocycles. The van der Waals surface area contributed by atoms with Gasteiger partial charge in [0.2, 0.25) is 0 Å². The number of nitro groups is 1. The fourth-order valence-electron chi connectivity index (χ4n) is 2.89. The highest BCUT2D eigenvalue weighted by Crippen LogP contribution is 2.34. The summed E-state index contributed by atoms with van der Waals surface area (Å²) in [5, 5.41) is 14.5. The topological polar surface area (TPSA) is 58.4 Å². The van der Waals surface area contributed by atoms with Gasteiger partial charge in [0.15, 0.2) is 0 Å². The lowest BCUT2D eigenvalue weighted by molar-refractivity contribution is -0.384. The van der Waals surface area contributed by atoms with Crippen molar-refractivity contribution in [1.82, 2.24) is 5.32 Å². The molecule has 0 amide bonds. The Hall–Kier alpha value is -1.14. The van der Waals surface area contributed by atoms with Crippen LogP contribution in [0.15, 0.2) is 22.7 Å². The summed E-state index contributed by atoms with van der Waals surface area (Å²) in [7, 11) is 3.95. The molecule has 0 radical (unpaired) electrons. The van der Waals surface area contributed by atoms with Gasteiger partial charge in [0.25, 0.3) is 5.69 Å². The van der Waals surface area contributed by atoms with Gasteiger partial charge in [-0.3, -0.25) is 10.1 Å². The number of halogens is 1. The molecular formula is C14H20BrN3O2. The summed E-state index contributed by atoms with van der Waals surface area (Å²) in [6.45, 7) is 0. The van der Waals surface area contributed by atoms with Gasteiger partial charge in [-0.15, -0.1) is 0 Å². The summed E-state index contributed by atoms with van der Waals surface area (Å²) in [6.07, 6.45) is 4.37. The molecule has 6 heteroatoms. The van der Waals surface area contributed by atoms with Crippen LogP contribution in [0.5, 0.6) is 0 Å². The number of nitrogens with one attached hydrogen (secondary N) is 1. The average Bonchev–Trinajstić information content (AvgIpc) is 2.46. The van der Waals surface area contributed by atoms with Crippen LogP contribution in [0.2, 0.25) is 0 Å². The molecule has 1 N–H and O–H groups in total. The molecule has 2 rings (SSSR count). The smallest absolute Gasteiger partial charge is 0.293 e. The van der Waals surface area contributed by atoms with Crippen molar-refractivity contribution >= 4 is 27.3 Å². The van der Waals surface area contributed by atoms with Crippen LogP contribution < -0.4 is 10.2 Å². The second-order valence-electron chi connectivity index (χ2n) is 5.30. The van der Waals surface area contributed by atoms with E-state index < -0.39 is 0 Å². The zero-order valence-corrected chi connectivity index (χ0v) is 13.4. The van der Waals surface area contributed by atoms with Gasteiger partial charge in [-0.1, -0.05) is 15.9 Å². The van der Waals surface area contributed by atoms with Crippen LogP contribution in [0.4, 0.5) is 11.4 Å².